The molecule has 0 heterocycles. The third kappa shape index (κ3) is 6.19. The fourth-order valence-electron chi connectivity index (χ4n) is 3.04. The summed E-state index contributed by atoms with van der Waals surface area (Å²) in [7, 11) is 0. The van der Waals surface area contributed by atoms with Crippen molar-refractivity contribution in [3.63, 3.8) is 0 Å². The molecule has 0 aliphatic carbocycles. The highest BCUT2D eigenvalue weighted by Crippen LogP contribution is 2.42. The van der Waals surface area contributed by atoms with Gasteiger partial charge in [-0.2, -0.15) is 5.26 Å². The lowest BCUT2D eigenvalue weighted by Crippen LogP contribution is -2.00. The number of hydrogen-bond acceptors (Lipinski definition) is 7. The van der Waals surface area contributed by atoms with Crippen LogP contribution in [0.25, 0.3) is 11.6 Å². The Morgan fingerprint density at radius 1 is 1.09 bits per heavy atom. The van der Waals surface area contributed by atoms with E-state index in [9.17, 15) is 25.5 Å². The average molecular weight is 626 g/mol. The number of rotatable bonds is 8. The number of nitriles is 1. The Bertz CT molecular complexity index is 1400. The smallest absolute Gasteiger partial charge is 0.318 e. The first-order chi connectivity index (χ1) is 16.6. The van der Waals surface area contributed by atoms with Gasteiger partial charge < -0.3 is 9.47 Å². The van der Waals surface area contributed by atoms with E-state index in [1.54, 1.807) is 37.3 Å². The van der Waals surface area contributed by atoms with E-state index in [1.165, 1.54) is 6.07 Å². The van der Waals surface area contributed by atoms with E-state index in [0.29, 0.717) is 24.7 Å². The molecule has 0 fully saturated rings. The minimum Gasteiger partial charge on any atom is -0.490 e. The fourth-order valence-corrected chi connectivity index (χ4v) is 4.28. The van der Waals surface area contributed by atoms with Gasteiger partial charge >= 0.3 is 5.69 Å². The van der Waals surface area contributed by atoms with Gasteiger partial charge in [0.1, 0.15) is 0 Å². The second-order valence-electron chi connectivity index (χ2n) is 6.83. The lowest BCUT2D eigenvalue weighted by Gasteiger charge is -2.15. The molecule has 0 bridgehead atoms. The molecule has 12 heteroatoms. The summed E-state index contributed by atoms with van der Waals surface area (Å²) >= 11 is 14.2. The standard InChI is InChI=1S/C23H14Cl2IN3O6/c1-2-34-22-9-13(7-14(12-27)17-5-3-15(24)10-18(17)25)8-19(26)23(22)35-21-6-4-16(28(30)31)11-20(21)29(32)33/h3-11H,2H2,1H3/b14-7+. The molecule has 178 valence electrons. The van der Waals surface area contributed by atoms with E-state index < -0.39 is 21.2 Å². The van der Waals surface area contributed by atoms with Gasteiger partial charge in [-0.3, -0.25) is 20.2 Å². The molecule has 0 aliphatic rings. The average Bonchev–Trinajstić information content (AvgIpc) is 2.80. The molecule has 9 nitrogen and oxygen atoms in total. The molecular weight excluding hydrogens is 612 g/mol. The molecule has 0 unspecified atom stereocenters. The third-order valence-electron chi connectivity index (χ3n) is 4.55. The van der Waals surface area contributed by atoms with Crippen molar-refractivity contribution in [2.45, 2.75) is 6.92 Å². The van der Waals surface area contributed by atoms with Crippen LogP contribution in [-0.2, 0) is 0 Å². The van der Waals surface area contributed by atoms with Crippen LogP contribution < -0.4 is 9.47 Å². The van der Waals surface area contributed by atoms with Crippen molar-refractivity contribution in [2.24, 2.45) is 0 Å². The van der Waals surface area contributed by atoms with Gasteiger partial charge in [0.05, 0.1) is 42.8 Å². The molecule has 3 aromatic rings. The highest BCUT2D eigenvalue weighted by Gasteiger charge is 2.23. The van der Waals surface area contributed by atoms with Crippen LogP contribution in [0.15, 0.2) is 48.5 Å². The van der Waals surface area contributed by atoms with Gasteiger partial charge in [-0.1, -0.05) is 29.3 Å². The predicted molar refractivity (Wildman–Crippen MR) is 140 cm³/mol. The lowest BCUT2D eigenvalue weighted by atomic mass is 10.0. The highest BCUT2D eigenvalue weighted by atomic mass is 127. The first kappa shape index (κ1) is 26.2. The number of non-ortho nitro benzene ring substituents is 1. The molecule has 0 saturated heterocycles. The quantitative estimate of drug-likeness (QED) is 0.0825. The summed E-state index contributed by atoms with van der Waals surface area (Å²) in [6.07, 6.45) is 1.61. The van der Waals surface area contributed by atoms with Crippen molar-refractivity contribution in [1.29, 1.82) is 5.26 Å². The number of hydrogen-bond donors (Lipinski definition) is 0. The molecule has 3 aromatic carbocycles. The molecule has 0 amide bonds. The van der Waals surface area contributed by atoms with E-state index in [4.69, 9.17) is 32.7 Å². The zero-order chi connectivity index (χ0) is 25.7. The first-order valence-electron chi connectivity index (χ1n) is 9.78. The number of benzene rings is 3. The molecule has 0 radical (unpaired) electrons. The summed E-state index contributed by atoms with van der Waals surface area (Å²) < 4.78 is 12.0. The molecule has 35 heavy (non-hydrogen) atoms. The van der Waals surface area contributed by atoms with E-state index in [2.05, 4.69) is 6.07 Å². The number of allylic oxidation sites excluding steroid dienone is 1. The number of halogens is 3. The Hall–Kier alpha value is -3.40. The first-order valence-corrected chi connectivity index (χ1v) is 11.6. The van der Waals surface area contributed by atoms with Crippen molar-refractivity contribution < 1.29 is 19.3 Å². The number of nitro benzene ring substituents is 2. The van der Waals surface area contributed by atoms with Crippen molar-refractivity contribution >= 4 is 68.8 Å². The maximum atomic E-state index is 11.5. The summed E-state index contributed by atoms with van der Waals surface area (Å²) in [6, 6.07) is 13.3. The van der Waals surface area contributed by atoms with Crippen LogP contribution in [0.3, 0.4) is 0 Å². The Morgan fingerprint density at radius 2 is 1.83 bits per heavy atom. The molecule has 0 saturated carbocycles. The number of ether oxygens (including phenoxy) is 2. The molecule has 3 rings (SSSR count). The largest absolute Gasteiger partial charge is 0.490 e. The van der Waals surface area contributed by atoms with Crippen molar-refractivity contribution in [1.82, 2.24) is 0 Å². The summed E-state index contributed by atoms with van der Waals surface area (Å²) in [4.78, 5) is 21.0. The molecule has 0 atom stereocenters. The van der Waals surface area contributed by atoms with E-state index in [1.807, 2.05) is 22.6 Å². The predicted octanol–water partition coefficient (Wildman–Crippen LogP) is 7.67. The van der Waals surface area contributed by atoms with Crippen LogP contribution in [0.4, 0.5) is 11.4 Å². The van der Waals surface area contributed by atoms with Crippen molar-refractivity contribution in [3.05, 3.63) is 93.5 Å². The van der Waals surface area contributed by atoms with Crippen LogP contribution in [-0.4, -0.2) is 16.5 Å². The van der Waals surface area contributed by atoms with Gasteiger partial charge in [0.25, 0.3) is 5.69 Å². The monoisotopic (exact) mass is 625 g/mol. The van der Waals surface area contributed by atoms with E-state index >= 15 is 0 Å². The Kier molecular flexibility index (Phi) is 8.50. The van der Waals surface area contributed by atoms with E-state index in [0.717, 1.165) is 18.2 Å². The zero-order valence-corrected chi connectivity index (χ0v) is 21.5. The van der Waals surface area contributed by atoms with Gasteiger partial charge in [0.15, 0.2) is 11.5 Å². The fraction of sp³-hybridized carbons (Fsp3) is 0.0870. The molecular formula is C23H14Cl2IN3O6. The van der Waals surface area contributed by atoms with Gasteiger partial charge in [0.2, 0.25) is 5.75 Å². The minimum atomic E-state index is -0.762. The number of nitrogens with zero attached hydrogens (tertiary/aromatic N) is 3. The van der Waals surface area contributed by atoms with Crippen molar-refractivity contribution in [3.8, 4) is 23.3 Å². The SMILES string of the molecule is CCOc1cc(/C=C(\C#N)c2ccc(Cl)cc2Cl)cc(I)c1Oc1ccc([N+](=O)[O-])cc1[N+](=O)[O-]. The number of nitro groups is 2. The summed E-state index contributed by atoms with van der Waals surface area (Å²) in [5.74, 6) is 0.260. The summed E-state index contributed by atoms with van der Waals surface area (Å²) in [5, 5.41) is 32.9. The molecule has 0 N–H and O–H groups in total. The van der Waals surface area contributed by atoms with Crippen LogP contribution in [0.1, 0.15) is 18.1 Å². The maximum Gasteiger partial charge on any atom is 0.318 e. The Morgan fingerprint density at radius 3 is 2.43 bits per heavy atom. The topological polar surface area (TPSA) is 129 Å². The van der Waals surface area contributed by atoms with Gasteiger partial charge in [-0.15, -0.1) is 0 Å². The third-order valence-corrected chi connectivity index (χ3v) is 5.90. The second-order valence-corrected chi connectivity index (χ2v) is 8.83. The normalized spacial score (nSPS) is 11.0. The lowest BCUT2D eigenvalue weighted by molar-refractivity contribution is -0.394. The van der Waals surface area contributed by atoms with Crippen LogP contribution in [0.5, 0.6) is 17.2 Å². The van der Waals surface area contributed by atoms with Crippen LogP contribution in [0.2, 0.25) is 10.0 Å². The molecule has 0 aliphatic heterocycles. The van der Waals surface area contributed by atoms with E-state index in [-0.39, 0.29) is 29.4 Å². The van der Waals surface area contributed by atoms with Gasteiger partial charge in [-0.05, 0) is 71.5 Å². The minimum absolute atomic E-state index is 0.185. The Balaban J connectivity index is 2.08. The van der Waals surface area contributed by atoms with Crippen LogP contribution >= 0.6 is 45.8 Å². The van der Waals surface area contributed by atoms with Crippen molar-refractivity contribution in [2.75, 3.05) is 6.61 Å². The van der Waals surface area contributed by atoms with Gasteiger partial charge in [0, 0.05) is 16.7 Å². The highest BCUT2D eigenvalue weighted by molar-refractivity contribution is 14.1. The van der Waals surface area contributed by atoms with Crippen LogP contribution in [0, 0.1) is 35.1 Å². The molecule has 0 aromatic heterocycles. The summed E-state index contributed by atoms with van der Waals surface area (Å²) in [6.45, 7) is 2.01. The summed E-state index contributed by atoms with van der Waals surface area (Å²) in [5.41, 5.74) is 0.364. The maximum absolute atomic E-state index is 11.5. The molecule has 0 spiro atoms. The Labute approximate surface area is 222 Å². The zero-order valence-electron chi connectivity index (χ0n) is 17.8. The second kappa shape index (κ2) is 11.4. The van der Waals surface area contributed by atoms with Gasteiger partial charge in [-0.25, -0.2) is 0 Å².